The van der Waals surface area contributed by atoms with Crippen molar-refractivity contribution in [1.29, 1.82) is 0 Å². The second kappa shape index (κ2) is 10.5. The topological polar surface area (TPSA) is 105 Å². The molecule has 0 aliphatic carbocycles. The zero-order valence-electron chi connectivity index (χ0n) is 22.1. The number of anilines is 4. The molecule has 2 aromatic carbocycles. The van der Waals surface area contributed by atoms with Gasteiger partial charge in [0.25, 0.3) is 0 Å². The van der Waals surface area contributed by atoms with Crippen LogP contribution in [0, 0.1) is 6.92 Å². The number of ether oxygens (including phenoxy) is 1. The number of sulfonamides is 1. The molecule has 5 rings (SSSR count). The van der Waals surface area contributed by atoms with Crippen molar-refractivity contribution in [2.75, 3.05) is 61.1 Å². The van der Waals surface area contributed by atoms with E-state index < -0.39 is 10.0 Å². The summed E-state index contributed by atoms with van der Waals surface area (Å²) in [6, 6.07) is 13.8. The molecule has 38 heavy (non-hydrogen) atoms. The maximum absolute atomic E-state index is 12.2. The zero-order valence-corrected chi connectivity index (χ0v) is 22.9. The van der Waals surface area contributed by atoms with E-state index in [1.54, 1.807) is 20.4 Å². The molecule has 0 atom stereocenters. The van der Waals surface area contributed by atoms with Crippen LogP contribution in [0.4, 0.5) is 23.0 Å². The number of fused-ring (bicyclic) bond motifs is 1. The molecule has 3 heterocycles. The van der Waals surface area contributed by atoms with Crippen LogP contribution in [0.3, 0.4) is 0 Å². The molecule has 0 saturated carbocycles. The van der Waals surface area contributed by atoms with E-state index in [0.717, 1.165) is 65.5 Å². The van der Waals surface area contributed by atoms with Crippen LogP contribution >= 0.6 is 0 Å². The molecule has 2 aromatic heterocycles. The maximum atomic E-state index is 12.2. The summed E-state index contributed by atoms with van der Waals surface area (Å²) in [6.45, 7) is 6.22. The van der Waals surface area contributed by atoms with E-state index in [4.69, 9.17) is 9.72 Å². The monoisotopic (exact) mass is 535 g/mol. The molecule has 1 aliphatic rings. The van der Waals surface area contributed by atoms with Crippen LogP contribution in [-0.4, -0.2) is 69.5 Å². The molecule has 0 unspecified atom stereocenters. The number of methoxy groups -OCH3 is 1. The van der Waals surface area contributed by atoms with Crippen molar-refractivity contribution in [3.63, 3.8) is 0 Å². The minimum absolute atomic E-state index is 0.462. The number of nitrogens with zero attached hydrogens (tertiary/aromatic N) is 5. The Hall–Kier alpha value is -3.83. The Balaban J connectivity index is 1.42. The van der Waals surface area contributed by atoms with Crippen LogP contribution in [0.25, 0.3) is 11.0 Å². The molecule has 1 aliphatic heterocycles. The minimum Gasteiger partial charge on any atom is -0.495 e. The Morgan fingerprint density at radius 3 is 2.66 bits per heavy atom. The number of piperazine rings is 1. The van der Waals surface area contributed by atoms with Crippen molar-refractivity contribution < 1.29 is 13.2 Å². The Bertz CT molecular complexity index is 1560. The van der Waals surface area contributed by atoms with Crippen molar-refractivity contribution >= 4 is 44.1 Å². The highest BCUT2D eigenvalue weighted by Gasteiger charge is 2.18. The molecule has 11 heteroatoms. The van der Waals surface area contributed by atoms with Crippen LogP contribution in [0.15, 0.2) is 54.9 Å². The fourth-order valence-corrected chi connectivity index (χ4v) is 5.26. The van der Waals surface area contributed by atoms with E-state index >= 15 is 0 Å². The van der Waals surface area contributed by atoms with Gasteiger partial charge >= 0.3 is 0 Å². The van der Waals surface area contributed by atoms with Gasteiger partial charge in [0.2, 0.25) is 16.0 Å². The van der Waals surface area contributed by atoms with E-state index in [2.05, 4.69) is 26.6 Å². The fraction of sp³-hybridized carbons (Fsp3) is 0.333. The molecule has 0 radical (unpaired) electrons. The van der Waals surface area contributed by atoms with E-state index in [-0.39, 0.29) is 0 Å². The lowest BCUT2D eigenvalue weighted by Crippen LogP contribution is -2.43. The van der Waals surface area contributed by atoms with Gasteiger partial charge in [0.15, 0.2) is 0 Å². The summed E-state index contributed by atoms with van der Waals surface area (Å²) >= 11 is 0. The SMILES string of the molecule is COc1cc(Nc2ncc3ccn(Cc4cc(C)ccc4N(C)S(C)(=O)=O)c3n2)ccc1N1CCNCC1. The Labute approximate surface area is 223 Å². The van der Waals surface area contributed by atoms with Gasteiger partial charge in [-0.15, -0.1) is 0 Å². The second-order valence-corrected chi connectivity index (χ2v) is 11.5. The summed E-state index contributed by atoms with van der Waals surface area (Å²) < 4.78 is 33.5. The number of rotatable bonds is 8. The average Bonchev–Trinajstić information content (AvgIpc) is 3.30. The standard InChI is InChI=1S/C27H33N7O3S/c1-19-5-7-23(32(2)38(4,35)36)21(15-19)18-34-12-9-20-17-29-27(31-26(20)34)30-22-6-8-24(25(16-22)37-3)33-13-10-28-11-14-33/h5-9,12,15-17,28H,10-11,13-14,18H2,1-4H3,(H,29,30,31). The van der Waals surface area contributed by atoms with Gasteiger partial charge in [-0.3, -0.25) is 4.31 Å². The van der Waals surface area contributed by atoms with Crippen LogP contribution in [0.5, 0.6) is 5.75 Å². The summed E-state index contributed by atoms with van der Waals surface area (Å²) in [4.78, 5) is 11.6. The minimum atomic E-state index is -3.40. The van der Waals surface area contributed by atoms with E-state index in [9.17, 15) is 8.42 Å². The third-order valence-corrected chi connectivity index (χ3v) is 8.00. The predicted octanol–water partition coefficient (Wildman–Crippen LogP) is 3.35. The molecule has 1 saturated heterocycles. The molecule has 10 nitrogen and oxygen atoms in total. The molecule has 0 bridgehead atoms. The van der Waals surface area contributed by atoms with Crippen molar-refractivity contribution in [1.82, 2.24) is 19.9 Å². The van der Waals surface area contributed by atoms with E-state index in [1.165, 1.54) is 10.6 Å². The first kappa shape index (κ1) is 25.8. The normalized spacial score (nSPS) is 14.1. The smallest absolute Gasteiger partial charge is 0.232 e. The largest absolute Gasteiger partial charge is 0.495 e. The Morgan fingerprint density at radius 2 is 1.92 bits per heavy atom. The summed E-state index contributed by atoms with van der Waals surface area (Å²) in [5, 5.41) is 7.58. The van der Waals surface area contributed by atoms with E-state index in [1.807, 2.05) is 54.1 Å². The molecular weight excluding hydrogens is 502 g/mol. The van der Waals surface area contributed by atoms with Gasteiger partial charge in [0.1, 0.15) is 11.4 Å². The Kier molecular flexibility index (Phi) is 7.13. The van der Waals surface area contributed by atoms with Crippen LogP contribution in [0.1, 0.15) is 11.1 Å². The van der Waals surface area contributed by atoms with Crippen molar-refractivity contribution in [2.45, 2.75) is 13.5 Å². The van der Waals surface area contributed by atoms with Gasteiger partial charge < -0.3 is 24.8 Å². The number of hydrogen-bond acceptors (Lipinski definition) is 8. The highest BCUT2D eigenvalue weighted by atomic mass is 32.2. The number of hydrogen-bond donors (Lipinski definition) is 2. The van der Waals surface area contributed by atoms with E-state index in [0.29, 0.717) is 18.2 Å². The number of nitrogens with one attached hydrogen (secondary N) is 2. The predicted molar refractivity (Wildman–Crippen MR) is 152 cm³/mol. The summed E-state index contributed by atoms with van der Waals surface area (Å²) in [6.07, 6.45) is 4.94. The van der Waals surface area contributed by atoms with Crippen molar-refractivity contribution in [3.8, 4) is 5.75 Å². The molecule has 2 N–H and O–H groups in total. The number of benzene rings is 2. The van der Waals surface area contributed by atoms with Crippen molar-refractivity contribution in [3.05, 3.63) is 66.0 Å². The molecule has 0 spiro atoms. The Morgan fingerprint density at radius 1 is 1.13 bits per heavy atom. The first-order chi connectivity index (χ1) is 18.2. The lowest BCUT2D eigenvalue weighted by Gasteiger charge is -2.30. The summed E-state index contributed by atoms with van der Waals surface area (Å²) in [7, 11) is -0.144. The van der Waals surface area contributed by atoms with Crippen LogP contribution < -0.4 is 24.6 Å². The zero-order chi connectivity index (χ0) is 26.9. The second-order valence-electron chi connectivity index (χ2n) is 9.53. The van der Waals surface area contributed by atoms with Gasteiger partial charge in [-0.05, 0) is 36.8 Å². The molecular formula is C27H33N7O3S. The van der Waals surface area contributed by atoms with Gasteiger partial charge in [-0.1, -0.05) is 17.7 Å². The molecule has 4 aromatic rings. The van der Waals surface area contributed by atoms with Crippen LogP contribution in [-0.2, 0) is 16.6 Å². The van der Waals surface area contributed by atoms with Gasteiger partial charge in [-0.2, -0.15) is 4.98 Å². The third-order valence-electron chi connectivity index (χ3n) is 6.81. The van der Waals surface area contributed by atoms with Crippen LogP contribution in [0.2, 0.25) is 0 Å². The first-order valence-electron chi connectivity index (χ1n) is 12.5. The van der Waals surface area contributed by atoms with Gasteiger partial charge in [0, 0.05) is 62.8 Å². The van der Waals surface area contributed by atoms with Gasteiger partial charge in [-0.25, -0.2) is 13.4 Å². The molecule has 200 valence electrons. The quantitative estimate of drug-likeness (QED) is 0.354. The van der Waals surface area contributed by atoms with Crippen molar-refractivity contribution in [2.24, 2.45) is 0 Å². The molecule has 1 fully saturated rings. The summed E-state index contributed by atoms with van der Waals surface area (Å²) in [5.41, 5.74) is 5.23. The first-order valence-corrected chi connectivity index (χ1v) is 14.3. The lowest BCUT2D eigenvalue weighted by atomic mass is 10.1. The highest BCUT2D eigenvalue weighted by molar-refractivity contribution is 7.92. The maximum Gasteiger partial charge on any atom is 0.232 e. The highest BCUT2D eigenvalue weighted by Crippen LogP contribution is 2.32. The third kappa shape index (κ3) is 5.39. The molecule has 0 amide bonds. The lowest BCUT2D eigenvalue weighted by molar-refractivity contribution is 0.413. The number of aryl methyl sites for hydroxylation is 1. The number of aromatic nitrogens is 3. The van der Waals surface area contributed by atoms with Gasteiger partial charge in [0.05, 0.1) is 31.3 Å². The fourth-order valence-electron chi connectivity index (χ4n) is 4.72. The summed E-state index contributed by atoms with van der Waals surface area (Å²) in [5.74, 6) is 1.26. The average molecular weight is 536 g/mol.